The van der Waals surface area contributed by atoms with E-state index >= 15 is 0 Å². The van der Waals surface area contributed by atoms with Crippen molar-refractivity contribution in [2.24, 2.45) is 0 Å². The number of aryl methyl sites for hydroxylation is 2. The summed E-state index contributed by atoms with van der Waals surface area (Å²) < 4.78 is 7.80. The minimum atomic E-state index is 0.483. The van der Waals surface area contributed by atoms with Gasteiger partial charge in [0.25, 0.3) is 0 Å². The summed E-state index contributed by atoms with van der Waals surface area (Å²) in [5, 5.41) is 4.76. The second-order valence-corrected chi connectivity index (χ2v) is 5.03. The predicted molar refractivity (Wildman–Crippen MR) is 74.3 cm³/mol. The van der Waals surface area contributed by atoms with Gasteiger partial charge in [0.1, 0.15) is 5.75 Å². The summed E-state index contributed by atoms with van der Waals surface area (Å²) in [5.74, 6) is 0.939. The monoisotopic (exact) mass is 244 g/mol. The summed E-state index contributed by atoms with van der Waals surface area (Å²) in [6, 6.07) is 6.88. The Morgan fingerprint density at radius 2 is 2.22 bits per heavy atom. The summed E-state index contributed by atoms with van der Waals surface area (Å²) in [4.78, 5) is 0. The van der Waals surface area contributed by atoms with Gasteiger partial charge in [-0.05, 0) is 50.6 Å². The molecule has 0 radical (unpaired) electrons. The summed E-state index contributed by atoms with van der Waals surface area (Å²) in [7, 11) is 3.78. The van der Waals surface area contributed by atoms with E-state index in [0.717, 1.165) is 12.3 Å². The smallest absolute Gasteiger partial charge is 0.119 e. The molecule has 3 heteroatoms. The van der Waals surface area contributed by atoms with Crippen LogP contribution < -0.4 is 10.1 Å². The molecule has 1 aromatic carbocycles. The number of aromatic nitrogens is 1. The molecule has 0 saturated carbocycles. The predicted octanol–water partition coefficient (Wildman–Crippen LogP) is 3.01. The van der Waals surface area contributed by atoms with Crippen molar-refractivity contribution in [2.45, 2.75) is 32.4 Å². The van der Waals surface area contributed by atoms with Crippen LogP contribution in [-0.4, -0.2) is 18.7 Å². The summed E-state index contributed by atoms with van der Waals surface area (Å²) >= 11 is 0. The van der Waals surface area contributed by atoms with E-state index in [2.05, 4.69) is 42.1 Å². The molecule has 1 aliphatic heterocycles. The maximum Gasteiger partial charge on any atom is 0.119 e. The maximum absolute atomic E-state index is 5.34. The zero-order chi connectivity index (χ0) is 12.7. The molecule has 0 amide bonds. The molecule has 1 unspecified atom stereocenters. The fraction of sp³-hybridized carbons (Fsp3) is 0.467. The van der Waals surface area contributed by atoms with Gasteiger partial charge in [0, 0.05) is 29.2 Å². The Hall–Kier alpha value is -1.48. The number of methoxy groups -OCH3 is 1. The highest BCUT2D eigenvalue weighted by atomic mass is 16.5. The van der Waals surface area contributed by atoms with Crippen LogP contribution in [0.5, 0.6) is 5.75 Å². The van der Waals surface area contributed by atoms with Crippen molar-refractivity contribution in [1.82, 2.24) is 9.88 Å². The molecule has 0 fully saturated rings. The van der Waals surface area contributed by atoms with Crippen LogP contribution in [0.2, 0.25) is 0 Å². The zero-order valence-corrected chi connectivity index (χ0v) is 11.3. The lowest BCUT2D eigenvalue weighted by Gasteiger charge is -2.25. The summed E-state index contributed by atoms with van der Waals surface area (Å²) in [6.07, 6.45) is 2.47. The van der Waals surface area contributed by atoms with Gasteiger partial charge in [0.05, 0.1) is 7.11 Å². The lowest BCUT2D eigenvalue weighted by Crippen LogP contribution is -2.25. The number of nitrogens with one attached hydrogen (secondary N) is 1. The van der Waals surface area contributed by atoms with Gasteiger partial charge in [-0.3, -0.25) is 0 Å². The first kappa shape index (κ1) is 11.6. The summed E-state index contributed by atoms with van der Waals surface area (Å²) in [5.41, 5.74) is 4.18. The highest BCUT2D eigenvalue weighted by Gasteiger charge is 2.24. The van der Waals surface area contributed by atoms with Crippen molar-refractivity contribution < 1.29 is 4.74 Å². The second-order valence-electron chi connectivity index (χ2n) is 5.03. The first-order valence-corrected chi connectivity index (χ1v) is 6.60. The summed E-state index contributed by atoms with van der Waals surface area (Å²) in [6.45, 7) is 3.35. The van der Waals surface area contributed by atoms with Crippen molar-refractivity contribution in [3.63, 3.8) is 0 Å². The minimum absolute atomic E-state index is 0.483. The Balaban J connectivity index is 2.27. The van der Waals surface area contributed by atoms with Crippen molar-refractivity contribution in [2.75, 3.05) is 14.2 Å². The normalized spacial score (nSPS) is 18.9. The van der Waals surface area contributed by atoms with Crippen LogP contribution in [0.3, 0.4) is 0 Å². The molecule has 18 heavy (non-hydrogen) atoms. The van der Waals surface area contributed by atoms with Crippen LogP contribution in [-0.2, 0) is 6.54 Å². The van der Waals surface area contributed by atoms with Crippen LogP contribution in [0.4, 0.5) is 0 Å². The molecule has 96 valence electrons. The van der Waals surface area contributed by atoms with E-state index in [1.165, 1.54) is 35.0 Å². The second kappa shape index (κ2) is 4.32. The van der Waals surface area contributed by atoms with E-state index in [1.807, 2.05) is 0 Å². The lowest BCUT2D eigenvalue weighted by molar-refractivity contribution is 0.415. The zero-order valence-electron chi connectivity index (χ0n) is 11.3. The van der Waals surface area contributed by atoms with Gasteiger partial charge in [-0.2, -0.15) is 0 Å². The van der Waals surface area contributed by atoms with Gasteiger partial charge in [0.2, 0.25) is 0 Å². The van der Waals surface area contributed by atoms with Crippen molar-refractivity contribution >= 4 is 10.9 Å². The molecule has 1 aliphatic rings. The van der Waals surface area contributed by atoms with Crippen molar-refractivity contribution in [1.29, 1.82) is 0 Å². The Morgan fingerprint density at radius 1 is 1.39 bits per heavy atom. The number of hydrogen-bond donors (Lipinski definition) is 1. The quantitative estimate of drug-likeness (QED) is 0.879. The topological polar surface area (TPSA) is 26.2 Å². The molecule has 0 saturated heterocycles. The molecule has 1 N–H and O–H groups in total. The number of hydrogen-bond acceptors (Lipinski definition) is 2. The Labute approximate surface area is 108 Å². The Kier molecular flexibility index (Phi) is 2.78. The Morgan fingerprint density at radius 3 is 2.94 bits per heavy atom. The molecular formula is C15H20N2O. The molecule has 2 aromatic rings. The van der Waals surface area contributed by atoms with Crippen molar-refractivity contribution in [3.05, 3.63) is 29.5 Å². The van der Waals surface area contributed by atoms with Crippen LogP contribution >= 0.6 is 0 Å². The minimum Gasteiger partial charge on any atom is -0.497 e. The van der Waals surface area contributed by atoms with Crippen LogP contribution in [0.25, 0.3) is 10.9 Å². The number of benzene rings is 1. The van der Waals surface area contributed by atoms with Gasteiger partial charge in [0.15, 0.2) is 0 Å². The molecule has 0 aliphatic carbocycles. The van der Waals surface area contributed by atoms with Crippen LogP contribution in [0.15, 0.2) is 18.2 Å². The van der Waals surface area contributed by atoms with Gasteiger partial charge in [-0.25, -0.2) is 0 Å². The van der Waals surface area contributed by atoms with Crippen molar-refractivity contribution in [3.8, 4) is 5.75 Å². The third-order valence-corrected chi connectivity index (χ3v) is 4.13. The van der Waals surface area contributed by atoms with Gasteiger partial charge < -0.3 is 14.6 Å². The first-order chi connectivity index (χ1) is 8.76. The van der Waals surface area contributed by atoms with Crippen LogP contribution in [0, 0.1) is 6.92 Å². The van der Waals surface area contributed by atoms with Gasteiger partial charge >= 0.3 is 0 Å². The third kappa shape index (κ3) is 1.54. The number of ether oxygens (including phenoxy) is 1. The largest absolute Gasteiger partial charge is 0.497 e. The third-order valence-electron chi connectivity index (χ3n) is 4.13. The van der Waals surface area contributed by atoms with E-state index in [4.69, 9.17) is 4.74 Å². The van der Waals surface area contributed by atoms with E-state index in [0.29, 0.717) is 6.04 Å². The van der Waals surface area contributed by atoms with E-state index < -0.39 is 0 Å². The lowest BCUT2D eigenvalue weighted by atomic mass is 10.0. The number of fused-ring (bicyclic) bond motifs is 3. The highest BCUT2D eigenvalue weighted by Crippen LogP contribution is 2.36. The number of nitrogens with zero attached hydrogens (tertiary/aromatic N) is 1. The number of rotatable bonds is 2. The van der Waals surface area contributed by atoms with E-state index in [-0.39, 0.29) is 0 Å². The average Bonchev–Trinajstić information content (AvgIpc) is 2.72. The highest BCUT2D eigenvalue weighted by molar-refractivity contribution is 5.87. The molecule has 1 atom stereocenters. The Bertz CT molecular complexity index is 586. The van der Waals surface area contributed by atoms with Gasteiger partial charge in [-0.15, -0.1) is 0 Å². The van der Waals surface area contributed by atoms with Gasteiger partial charge in [-0.1, -0.05) is 0 Å². The molecule has 3 rings (SSSR count). The molecule has 0 spiro atoms. The first-order valence-electron chi connectivity index (χ1n) is 6.60. The molecule has 1 aromatic heterocycles. The van der Waals surface area contributed by atoms with Crippen LogP contribution in [0.1, 0.15) is 30.1 Å². The SMILES string of the molecule is CNC1CCCn2c1c(C)c1cc(OC)ccc12. The molecule has 0 bridgehead atoms. The fourth-order valence-corrected chi connectivity index (χ4v) is 3.21. The maximum atomic E-state index is 5.34. The average molecular weight is 244 g/mol. The molecule has 3 nitrogen and oxygen atoms in total. The standard InChI is InChI=1S/C15H20N2O/c1-10-12-9-11(18-3)6-7-14(12)17-8-4-5-13(16-2)15(10)17/h6-7,9,13,16H,4-5,8H2,1-3H3. The van der Waals surface area contributed by atoms with E-state index in [9.17, 15) is 0 Å². The molecular weight excluding hydrogens is 224 g/mol. The van der Waals surface area contributed by atoms with E-state index in [1.54, 1.807) is 7.11 Å². The molecule has 2 heterocycles. The fourth-order valence-electron chi connectivity index (χ4n) is 3.21.